The summed E-state index contributed by atoms with van der Waals surface area (Å²) in [6, 6.07) is 12.1. The molecule has 0 saturated carbocycles. The highest BCUT2D eigenvalue weighted by Crippen LogP contribution is 2.35. The molecule has 4 heteroatoms. The maximum Gasteiger partial charge on any atom is 0.124 e. The predicted molar refractivity (Wildman–Crippen MR) is 91.1 cm³/mol. The van der Waals surface area contributed by atoms with Gasteiger partial charge in [-0.2, -0.15) is 0 Å². The zero-order chi connectivity index (χ0) is 16.4. The molecule has 0 unspecified atom stereocenters. The van der Waals surface area contributed by atoms with Crippen LogP contribution in [-0.4, -0.2) is 17.8 Å². The first-order chi connectivity index (χ1) is 11.0. The minimum Gasteiger partial charge on any atom is -0.496 e. The van der Waals surface area contributed by atoms with Crippen molar-refractivity contribution in [3.05, 3.63) is 53.1 Å². The highest BCUT2D eigenvalue weighted by Gasteiger charge is 2.29. The second kappa shape index (κ2) is 6.13. The quantitative estimate of drug-likeness (QED) is 0.887. The summed E-state index contributed by atoms with van der Waals surface area (Å²) in [4.78, 5) is 0. The van der Waals surface area contributed by atoms with Gasteiger partial charge in [-0.15, -0.1) is 0 Å². The SMILES string of the molecule is COc1ccc(NCc2ccc3c(c2)CC(C)(C)O3)cc1CO. The van der Waals surface area contributed by atoms with Crippen LogP contribution in [0.4, 0.5) is 5.69 Å². The van der Waals surface area contributed by atoms with Gasteiger partial charge < -0.3 is 19.9 Å². The predicted octanol–water partition coefficient (Wildman–Crippen LogP) is 3.51. The Morgan fingerprint density at radius 2 is 2.04 bits per heavy atom. The third kappa shape index (κ3) is 3.42. The summed E-state index contributed by atoms with van der Waals surface area (Å²) in [5, 5.41) is 12.8. The van der Waals surface area contributed by atoms with Crippen LogP contribution in [0.5, 0.6) is 11.5 Å². The summed E-state index contributed by atoms with van der Waals surface area (Å²) in [6.07, 6.45) is 0.938. The monoisotopic (exact) mass is 313 g/mol. The highest BCUT2D eigenvalue weighted by atomic mass is 16.5. The van der Waals surface area contributed by atoms with Gasteiger partial charge in [0.15, 0.2) is 0 Å². The maximum absolute atomic E-state index is 9.39. The normalized spacial score (nSPS) is 15.0. The smallest absolute Gasteiger partial charge is 0.124 e. The van der Waals surface area contributed by atoms with Gasteiger partial charge in [-0.1, -0.05) is 12.1 Å². The van der Waals surface area contributed by atoms with Crippen LogP contribution in [0.15, 0.2) is 36.4 Å². The van der Waals surface area contributed by atoms with Crippen molar-refractivity contribution in [1.29, 1.82) is 0 Å². The average molecular weight is 313 g/mol. The van der Waals surface area contributed by atoms with Crippen LogP contribution in [-0.2, 0) is 19.6 Å². The number of methoxy groups -OCH3 is 1. The molecule has 23 heavy (non-hydrogen) atoms. The molecule has 2 aromatic rings. The van der Waals surface area contributed by atoms with Crippen LogP contribution in [0.1, 0.15) is 30.5 Å². The molecule has 2 aromatic carbocycles. The first-order valence-electron chi connectivity index (χ1n) is 7.83. The Kier molecular flexibility index (Phi) is 4.18. The molecular weight excluding hydrogens is 290 g/mol. The van der Waals surface area contributed by atoms with Crippen LogP contribution in [0.3, 0.4) is 0 Å². The van der Waals surface area contributed by atoms with E-state index in [4.69, 9.17) is 9.47 Å². The van der Waals surface area contributed by atoms with Crippen molar-refractivity contribution >= 4 is 5.69 Å². The Morgan fingerprint density at radius 1 is 1.22 bits per heavy atom. The van der Waals surface area contributed by atoms with Crippen molar-refractivity contribution < 1.29 is 14.6 Å². The summed E-state index contributed by atoms with van der Waals surface area (Å²) in [5.74, 6) is 1.70. The third-order valence-electron chi connectivity index (χ3n) is 4.07. The topological polar surface area (TPSA) is 50.7 Å². The summed E-state index contributed by atoms with van der Waals surface area (Å²) >= 11 is 0. The lowest BCUT2D eigenvalue weighted by atomic mass is 10.0. The van der Waals surface area contributed by atoms with E-state index < -0.39 is 0 Å². The fourth-order valence-electron chi connectivity index (χ4n) is 2.99. The molecule has 0 fully saturated rings. The average Bonchev–Trinajstić information content (AvgIpc) is 2.85. The summed E-state index contributed by atoms with van der Waals surface area (Å²) < 4.78 is 11.1. The summed E-state index contributed by atoms with van der Waals surface area (Å²) in [5.41, 5.74) is 4.11. The van der Waals surface area contributed by atoms with Gasteiger partial charge in [0.25, 0.3) is 0 Å². The van der Waals surface area contributed by atoms with E-state index in [1.54, 1.807) is 7.11 Å². The minimum atomic E-state index is -0.111. The molecule has 0 atom stereocenters. The Bertz CT molecular complexity index is 710. The third-order valence-corrected chi connectivity index (χ3v) is 4.07. The number of aliphatic hydroxyl groups excluding tert-OH is 1. The molecule has 0 bridgehead atoms. The van der Waals surface area contributed by atoms with Gasteiger partial charge in [-0.25, -0.2) is 0 Å². The maximum atomic E-state index is 9.39. The zero-order valence-corrected chi connectivity index (χ0v) is 13.8. The zero-order valence-electron chi connectivity index (χ0n) is 13.8. The number of anilines is 1. The fourth-order valence-corrected chi connectivity index (χ4v) is 2.99. The number of hydrogen-bond acceptors (Lipinski definition) is 4. The van der Waals surface area contributed by atoms with Crippen molar-refractivity contribution in [3.8, 4) is 11.5 Å². The lowest BCUT2D eigenvalue weighted by molar-refractivity contribution is 0.138. The van der Waals surface area contributed by atoms with Crippen LogP contribution in [0.2, 0.25) is 0 Å². The van der Waals surface area contributed by atoms with E-state index in [9.17, 15) is 5.11 Å². The first-order valence-corrected chi connectivity index (χ1v) is 7.83. The molecule has 1 aliphatic heterocycles. The molecule has 122 valence electrons. The van der Waals surface area contributed by atoms with Gasteiger partial charge in [0.1, 0.15) is 17.1 Å². The molecule has 3 rings (SSSR count). The molecule has 0 aromatic heterocycles. The van der Waals surface area contributed by atoms with E-state index in [0.717, 1.165) is 30.0 Å². The molecule has 2 N–H and O–H groups in total. The van der Waals surface area contributed by atoms with Gasteiger partial charge in [-0.05, 0) is 49.2 Å². The van der Waals surface area contributed by atoms with Gasteiger partial charge in [0.2, 0.25) is 0 Å². The van der Waals surface area contributed by atoms with Crippen molar-refractivity contribution in [2.45, 2.75) is 39.0 Å². The van der Waals surface area contributed by atoms with E-state index in [0.29, 0.717) is 5.75 Å². The standard InChI is InChI=1S/C19H23NO3/c1-19(2)10-14-8-13(4-6-18(14)23-19)11-20-16-5-7-17(22-3)15(9-16)12-21/h4-9,20-21H,10-12H2,1-3H3. The summed E-state index contributed by atoms with van der Waals surface area (Å²) in [6.45, 7) is 4.91. The highest BCUT2D eigenvalue weighted by molar-refractivity contribution is 5.52. The number of fused-ring (bicyclic) bond motifs is 1. The van der Waals surface area contributed by atoms with Gasteiger partial charge in [0.05, 0.1) is 13.7 Å². The number of ether oxygens (including phenoxy) is 2. The molecule has 4 nitrogen and oxygen atoms in total. The molecule has 0 spiro atoms. The second-order valence-corrected chi connectivity index (χ2v) is 6.52. The largest absolute Gasteiger partial charge is 0.496 e. The van der Waals surface area contributed by atoms with Crippen molar-refractivity contribution in [1.82, 2.24) is 0 Å². The Hall–Kier alpha value is -2.20. The number of benzene rings is 2. The van der Waals surface area contributed by atoms with E-state index in [-0.39, 0.29) is 12.2 Å². The first kappa shape index (κ1) is 15.7. The van der Waals surface area contributed by atoms with E-state index in [2.05, 4.69) is 31.3 Å². The molecule has 0 aliphatic carbocycles. The molecule has 0 saturated heterocycles. The number of nitrogens with one attached hydrogen (secondary N) is 1. The molecule has 1 heterocycles. The van der Waals surface area contributed by atoms with Crippen molar-refractivity contribution in [2.24, 2.45) is 0 Å². The van der Waals surface area contributed by atoms with Crippen molar-refractivity contribution in [3.63, 3.8) is 0 Å². The lowest BCUT2D eigenvalue weighted by Gasteiger charge is -2.16. The lowest BCUT2D eigenvalue weighted by Crippen LogP contribution is -2.24. The Morgan fingerprint density at radius 3 is 2.78 bits per heavy atom. The van der Waals surface area contributed by atoms with E-state index in [1.165, 1.54) is 11.1 Å². The Labute approximate surface area is 137 Å². The van der Waals surface area contributed by atoms with E-state index in [1.807, 2.05) is 24.3 Å². The van der Waals surface area contributed by atoms with Crippen LogP contribution < -0.4 is 14.8 Å². The van der Waals surface area contributed by atoms with Crippen LogP contribution in [0.25, 0.3) is 0 Å². The number of hydrogen-bond donors (Lipinski definition) is 2. The van der Waals surface area contributed by atoms with Gasteiger partial charge in [-0.3, -0.25) is 0 Å². The number of rotatable bonds is 5. The van der Waals surface area contributed by atoms with Crippen molar-refractivity contribution in [2.75, 3.05) is 12.4 Å². The van der Waals surface area contributed by atoms with Crippen LogP contribution >= 0.6 is 0 Å². The minimum absolute atomic E-state index is 0.0377. The van der Waals surface area contributed by atoms with E-state index >= 15 is 0 Å². The van der Waals surface area contributed by atoms with Gasteiger partial charge >= 0.3 is 0 Å². The molecule has 1 aliphatic rings. The second-order valence-electron chi connectivity index (χ2n) is 6.52. The fraction of sp³-hybridized carbons (Fsp3) is 0.368. The number of aliphatic hydroxyl groups is 1. The van der Waals surface area contributed by atoms with Crippen LogP contribution in [0, 0.1) is 0 Å². The molecular formula is C19H23NO3. The molecule has 0 amide bonds. The molecule has 0 radical (unpaired) electrons. The van der Waals surface area contributed by atoms with Gasteiger partial charge in [0, 0.05) is 24.2 Å². The Balaban J connectivity index is 1.70. The summed E-state index contributed by atoms with van der Waals surface area (Å²) in [7, 11) is 1.61.